The summed E-state index contributed by atoms with van der Waals surface area (Å²) >= 11 is 7.09. The van der Waals surface area contributed by atoms with Crippen LogP contribution in [-0.2, 0) is 6.54 Å². The van der Waals surface area contributed by atoms with Gasteiger partial charge in [-0.2, -0.15) is 0 Å². The Morgan fingerprint density at radius 2 is 2.31 bits per heavy atom. The summed E-state index contributed by atoms with van der Waals surface area (Å²) in [6.45, 7) is 2.78. The van der Waals surface area contributed by atoms with E-state index in [2.05, 4.69) is 20.4 Å². The van der Waals surface area contributed by atoms with E-state index in [-0.39, 0.29) is 0 Å². The van der Waals surface area contributed by atoms with E-state index in [4.69, 9.17) is 11.6 Å². The predicted octanol–water partition coefficient (Wildman–Crippen LogP) is 0.843. The maximum absolute atomic E-state index is 5.66. The summed E-state index contributed by atoms with van der Waals surface area (Å²) in [7, 11) is 3.99. The minimum atomic E-state index is 0.511. The van der Waals surface area contributed by atoms with Gasteiger partial charge in [0.2, 0.25) is 4.47 Å². The van der Waals surface area contributed by atoms with Crippen LogP contribution in [0.4, 0.5) is 0 Å². The first-order valence-corrected chi connectivity index (χ1v) is 5.23. The van der Waals surface area contributed by atoms with Crippen LogP contribution in [0.1, 0.15) is 5.01 Å². The normalized spacial score (nSPS) is 11.1. The van der Waals surface area contributed by atoms with Crippen LogP contribution in [0.2, 0.25) is 4.47 Å². The lowest BCUT2D eigenvalue weighted by Gasteiger charge is -2.13. The molecule has 0 unspecified atom stereocenters. The second-order valence-electron chi connectivity index (χ2n) is 2.79. The van der Waals surface area contributed by atoms with Crippen LogP contribution in [0.5, 0.6) is 0 Å². The van der Waals surface area contributed by atoms with Crippen LogP contribution in [0.3, 0.4) is 0 Å². The van der Waals surface area contributed by atoms with Crippen LogP contribution in [0.25, 0.3) is 0 Å². The first-order chi connectivity index (χ1) is 6.22. The van der Waals surface area contributed by atoms with E-state index < -0.39 is 0 Å². The molecule has 1 heterocycles. The summed E-state index contributed by atoms with van der Waals surface area (Å²) in [5.74, 6) is 0. The molecule has 4 nitrogen and oxygen atoms in total. The van der Waals surface area contributed by atoms with Crippen LogP contribution in [0.15, 0.2) is 0 Å². The Morgan fingerprint density at radius 3 is 2.85 bits per heavy atom. The number of halogens is 1. The number of nitrogens with zero attached hydrogens (tertiary/aromatic N) is 3. The fourth-order valence-corrected chi connectivity index (χ4v) is 1.86. The molecule has 1 aromatic rings. The van der Waals surface area contributed by atoms with Crippen LogP contribution >= 0.6 is 22.9 Å². The van der Waals surface area contributed by atoms with Crippen molar-refractivity contribution in [3.8, 4) is 0 Å². The minimum absolute atomic E-state index is 0.511. The van der Waals surface area contributed by atoms with Crippen molar-refractivity contribution in [3.63, 3.8) is 0 Å². The second kappa shape index (κ2) is 5.49. The van der Waals surface area contributed by atoms with Crippen molar-refractivity contribution in [3.05, 3.63) is 9.47 Å². The molecule has 0 aliphatic carbocycles. The van der Waals surface area contributed by atoms with Gasteiger partial charge in [-0.25, -0.2) is 0 Å². The zero-order valence-corrected chi connectivity index (χ0v) is 9.32. The molecule has 0 saturated carbocycles. The molecule has 1 rings (SSSR count). The van der Waals surface area contributed by atoms with Gasteiger partial charge in [0.1, 0.15) is 5.01 Å². The van der Waals surface area contributed by atoms with Gasteiger partial charge in [0.25, 0.3) is 0 Å². The zero-order chi connectivity index (χ0) is 9.68. The summed E-state index contributed by atoms with van der Waals surface area (Å²) in [6.07, 6.45) is 0. The second-order valence-corrected chi connectivity index (χ2v) is 4.43. The van der Waals surface area contributed by atoms with Gasteiger partial charge in [0.15, 0.2) is 0 Å². The fourth-order valence-electron chi connectivity index (χ4n) is 0.910. The van der Waals surface area contributed by atoms with E-state index in [1.165, 1.54) is 11.3 Å². The summed E-state index contributed by atoms with van der Waals surface area (Å²) in [5.41, 5.74) is 0. The van der Waals surface area contributed by atoms with Crippen molar-refractivity contribution < 1.29 is 0 Å². The third-order valence-electron chi connectivity index (χ3n) is 1.59. The number of nitrogens with one attached hydrogen (secondary N) is 1. The van der Waals surface area contributed by atoms with E-state index in [9.17, 15) is 0 Å². The molecule has 0 aliphatic rings. The molecule has 1 N–H and O–H groups in total. The summed E-state index contributed by atoms with van der Waals surface area (Å²) in [5, 5.41) is 11.7. The van der Waals surface area contributed by atoms with Gasteiger partial charge in [-0.1, -0.05) is 11.3 Å². The number of hydrogen-bond donors (Lipinski definition) is 1. The van der Waals surface area contributed by atoms with Crippen molar-refractivity contribution in [1.82, 2.24) is 20.4 Å². The maximum atomic E-state index is 5.66. The molecule has 0 fully saturated rings. The number of hydrogen-bond acceptors (Lipinski definition) is 5. The number of aromatic nitrogens is 2. The fraction of sp³-hybridized carbons (Fsp3) is 0.714. The van der Waals surface area contributed by atoms with Gasteiger partial charge in [0.05, 0.1) is 6.54 Å². The van der Waals surface area contributed by atoms with Crippen molar-refractivity contribution in [2.24, 2.45) is 0 Å². The maximum Gasteiger partial charge on any atom is 0.207 e. The molecular formula is C7H13ClN4S. The third kappa shape index (κ3) is 3.99. The molecule has 0 amide bonds. The molecular weight excluding hydrogens is 208 g/mol. The van der Waals surface area contributed by atoms with E-state index >= 15 is 0 Å². The van der Waals surface area contributed by atoms with Gasteiger partial charge in [-0.05, 0) is 25.7 Å². The summed E-state index contributed by atoms with van der Waals surface area (Å²) in [6, 6.07) is 0. The van der Waals surface area contributed by atoms with Gasteiger partial charge >= 0.3 is 0 Å². The highest BCUT2D eigenvalue weighted by atomic mass is 35.5. The molecule has 0 spiro atoms. The first kappa shape index (κ1) is 10.8. The molecule has 0 aliphatic heterocycles. The standard InChI is InChI=1S/C7H13ClN4S/c1-9-3-4-12(2)5-6-10-11-7(8)13-6/h9H,3-5H2,1-2H3. The largest absolute Gasteiger partial charge is 0.318 e. The third-order valence-corrected chi connectivity index (χ3v) is 2.59. The van der Waals surface area contributed by atoms with Gasteiger partial charge in [0, 0.05) is 13.1 Å². The van der Waals surface area contributed by atoms with Gasteiger partial charge in [-0.15, -0.1) is 10.2 Å². The van der Waals surface area contributed by atoms with E-state index in [1.807, 2.05) is 14.1 Å². The predicted molar refractivity (Wildman–Crippen MR) is 55.2 cm³/mol. The van der Waals surface area contributed by atoms with Crippen LogP contribution in [0, 0.1) is 0 Å². The van der Waals surface area contributed by atoms with E-state index in [1.54, 1.807) is 0 Å². The van der Waals surface area contributed by atoms with Gasteiger partial charge in [-0.3, -0.25) is 4.90 Å². The minimum Gasteiger partial charge on any atom is -0.318 e. The van der Waals surface area contributed by atoms with Crippen molar-refractivity contribution in [1.29, 1.82) is 0 Å². The smallest absolute Gasteiger partial charge is 0.207 e. The Hall–Kier alpha value is -0.230. The Kier molecular flexibility index (Phi) is 4.58. The molecule has 1 aromatic heterocycles. The SMILES string of the molecule is CNCCN(C)Cc1nnc(Cl)s1. The molecule has 13 heavy (non-hydrogen) atoms. The average molecular weight is 221 g/mol. The highest BCUT2D eigenvalue weighted by Gasteiger charge is 2.04. The molecule has 0 radical (unpaired) electrons. The molecule has 0 atom stereocenters. The first-order valence-electron chi connectivity index (χ1n) is 4.03. The summed E-state index contributed by atoms with van der Waals surface area (Å²) in [4.78, 5) is 2.17. The summed E-state index contributed by atoms with van der Waals surface area (Å²) < 4.78 is 0.511. The Bertz CT molecular complexity index is 252. The molecule has 0 saturated heterocycles. The monoisotopic (exact) mass is 220 g/mol. The highest BCUT2D eigenvalue weighted by molar-refractivity contribution is 7.15. The molecule has 74 valence electrons. The number of rotatable bonds is 5. The van der Waals surface area contributed by atoms with E-state index in [0.717, 1.165) is 24.6 Å². The molecule has 0 bridgehead atoms. The van der Waals surface area contributed by atoms with Crippen molar-refractivity contribution in [2.75, 3.05) is 27.2 Å². The zero-order valence-electron chi connectivity index (χ0n) is 7.75. The lowest BCUT2D eigenvalue weighted by molar-refractivity contribution is 0.327. The van der Waals surface area contributed by atoms with Crippen molar-refractivity contribution >= 4 is 22.9 Å². The van der Waals surface area contributed by atoms with E-state index in [0.29, 0.717) is 4.47 Å². The lowest BCUT2D eigenvalue weighted by Crippen LogP contribution is -2.26. The number of likely N-dealkylation sites (N-methyl/N-ethyl adjacent to an activating group) is 2. The quantitative estimate of drug-likeness (QED) is 0.799. The Balaban J connectivity index is 2.31. The average Bonchev–Trinajstić information content (AvgIpc) is 2.48. The lowest BCUT2D eigenvalue weighted by atomic mass is 10.5. The van der Waals surface area contributed by atoms with Crippen LogP contribution in [-0.4, -0.2) is 42.3 Å². The van der Waals surface area contributed by atoms with Gasteiger partial charge < -0.3 is 5.32 Å². The van der Waals surface area contributed by atoms with Crippen LogP contribution < -0.4 is 5.32 Å². The highest BCUT2D eigenvalue weighted by Crippen LogP contribution is 2.15. The Morgan fingerprint density at radius 1 is 1.54 bits per heavy atom. The molecule has 0 aromatic carbocycles. The Labute approximate surface area is 86.9 Å². The van der Waals surface area contributed by atoms with Crippen molar-refractivity contribution in [2.45, 2.75) is 6.54 Å². The topological polar surface area (TPSA) is 41.0 Å². The molecule has 6 heteroatoms.